The van der Waals surface area contributed by atoms with Crippen LogP contribution in [-0.2, 0) is 0 Å². The SMILES string of the molecule is FCCCCCCCCC(Cl)C(F)Cl. The van der Waals surface area contributed by atoms with Crippen LogP contribution in [-0.4, -0.2) is 17.7 Å². The molecule has 0 spiro atoms. The Balaban J connectivity index is 3.06. The van der Waals surface area contributed by atoms with Crippen LogP contribution >= 0.6 is 23.2 Å². The highest BCUT2D eigenvalue weighted by Crippen LogP contribution is 2.18. The van der Waals surface area contributed by atoms with Crippen molar-refractivity contribution >= 4 is 23.2 Å². The van der Waals surface area contributed by atoms with Gasteiger partial charge < -0.3 is 0 Å². The Labute approximate surface area is 95.0 Å². The molecule has 0 aliphatic carbocycles. The van der Waals surface area contributed by atoms with Crippen molar-refractivity contribution in [2.45, 2.75) is 56.0 Å². The van der Waals surface area contributed by atoms with Gasteiger partial charge in [-0.05, 0) is 12.8 Å². The van der Waals surface area contributed by atoms with Crippen LogP contribution in [0.5, 0.6) is 0 Å². The summed E-state index contributed by atoms with van der Waals surface area (Å²) in [6, 6.07) is 0. The third kappa shape index (κ3) is 9.01. The van der Waals surface area contributed by atoms with Crippen molar-refractivity contribution in [3.63, 3.8) is 0 Å². The molecule has 0 heterocycles. The van der Waals surface area contributed by atoms with Gasteiger partial charge in [0.1, 0.15) is 0 Å². The van der Waals surface area contributed by atoms with E-state index < -0.39 is 11.0 Å². The molecular weight excluding hydrogens is 229 g/mol. The summed E-state index contributed by atoms with van der Waals surface area (Å²) in [4.78, 5) is 0. The minimum atomic E-state index is -1.44. The lowest BCUT2D eigenvalue weighted by Crippen LogP contribution is -2.08. The number of rotatable bonds is 9. The minimum Gasteiger partial charge on any atom is -0.251 e. The Morgan fingerprint density at radius 1 is 0.857 bits per heavy atom. The van der Waals surface area contributed by atoms with E-state index in [9.17, 15) is 8.78 Å². The number of hydrogen-bond donors (Lipinski definition) is 0. The first-order valence-corrected chi connectivity index (χ1v) is 6.04. The van der Waals surface area contributed by atoms with Gasteiger partial charge in [-0.25, -0.2) is 4.39 Å². The van der Waals surface area contributed by atoms with Gasteiger partial charge in [0.25, 0.3) is 0 Å². The first-order valence-electron chi connectivity index (χ1n) is 5.16. The van der Waals surface area contributed by atoms with Crippen molar-refractivity contribution in [1.29, 1.82) is 0 Å². The quantitative estimate of drug-likeness (QED) is 0.404. The molecule has 0 saturated heterocycles. The molecule has 86 valence electrons. The van der Waals surface area contributed by atoms with Crippen LogP contribution in [0.4, 0.5) is 8.78 Å². The third-order valence-electron chi connectivity index (χ3n) is 2.14. The molecule has 0 saturated carbocycles. The average Bonchev–Trinajstić information content (AvgIpc) is 2.16. The molecule has 0 aromatic heterocycles. The lowest BCUT2D eigenvalue weighted by molar-refractivity contribution is 0.407. The Morgan fingerprint density at radius 3 is 1.86 bits per heavy atom. The van der Waals surface area contributed by atoms with E-state index in [-0.39, 0.29) is 6.67 Å². The fourth-order valence-corrected chi connectivity index (χ4v) is 1.55. The number of alkyl halides is 4. The third-order valence-corrected chi connectivity index (χ3v) is 3.01. The first kappa shape index (κ1) is 14.4. The van der Waals surface area contributed by atoms with E-state index in [2.05, 4.69) is 0 Å². The molecule has 0 aliphatic heterocycles. The molecule has 4 heteroatoms. The van der Waals surface area contributed by atoms with Crippen LogP contribution in [0.1, 0.15) is 44.9 Å². The molecule has 14 heavy (non-hydrogen) atoms. The molecule has 2 unspecified atom stereocenters. The minimum absolute atomic E-state index is 0.223. The molecule has 0 bridgehead atoms. The second-order valence-corrected chi connectivity index (χ2v) is 4.43. The molecule has 0 aromatic carbocycles. The summed E-state index contributed by atoms with van der Waals surface area (Å²) < 4.78 is 24.1. The second kappa shape index (κ2) is 9.97. The lowest BCUT2D eigenvalue weighted by Gasteiger charge is -2.08. The fraction of sp³-hybridized carbons (Fsp3) is 1.00. The van der Waals surface area contributed by atoms with Crippen molar-refractivity contribution in [1.82, 2.24) is 0 Å². The number of unbranched alkanes of at least 4 members (excludes halogenated alkanes) is 5. The molecule has 0 fully saturated rings. The summed E-state index contributed by atoms with van der Waals surface area (Å²) in [6.45, 7) is -0.223. The molecule has 2 atom stereocenters. The van der Waals surface area contributed by atoms with Crippen LogP contribution in [0.25, 0.3) is 0 Å². The summed E-state index contributed by atoms with van der Waals surface area (Å²) >= 11 is 10.8. The van der Waals surface area contributed by atoms with Crippen molar-refractivity contribution in [3.05, 3.63) is 0 Å². The van der Waals surface area contributed by atoms with Gasteiger partial charge in [-0.3, -0.25) is 4.39 Å². The van der Waals surface area contributed by atoms with Gasteiger partial charge in [-0.1, -0.05) is 43.7 Å². The predicted octanol–water partition coefficient (Wildman–Crippen LogP) is 4.83. The maximum atomic E-state index is 12.4. The van der Waals surface area contributed by atoms with Crippen molar-refractivity contribution in [3.8, 4) is 0 Å². The predicted molar refractivity (Wildman–Crippen MR) is 58.7 cm³/mol. The van der Waals surface area contributed by atoms with Crippen LogP contribution in [0.3, 0.4) is 0 Å². The van der Waals surface area contributed by atoms with Gasteiger partial charge in [0.05, 0.1) is 12.1 Å². The van der Waals surface area contributed by atoms with Gasteiger partial charge in [0, 0.05) is 0 Å². The monoisotopic (exact) mass is 246 g/mol. The van der Waals surface area contributed by atoms with Crippen molar-refractivity contribution in [2.24, 2.45) is 0 Å². The van der Waals surface area contributed by atoms with E-state index in [0.717, 1.165) is 32.1 Å². The van der Waals surface area contributed by atoms with E-state index in [1.807, 2.05) is 0 Å². The van der Waals surface area contributed by atoms with Crippen LogP contribution in [0.15, 0.2) is 0 Å². The maximum absolute atomic E-state index is 12.4. The topological polar surface area (TPSA) is 0 Å². The Morgan fingerprint density at radius 2 is 1.36 bits per heavy atom. The summed E-state index contributed by atoms with van der Waals surface area (Å²) in [7, 11) is 0. The van der Waals surface area contributed by atoms with Crippen LogP contribution < -0.4 is 0 Å². The van der Waals surface area contributed by atoms with Crippen LogP contribution in [0, 0.1) is 0 Å². The van der Waals surface area contributed by atoms with Crippen molar-refractivity contribution < 1.29 is 8.78 Å². The molecule has 0 aromatic rings. The molecular formula is C10H18Cl2F2. The molecule has 0 radical (unpaired) electrons. The van der Waals surface area contributed by atoms with E-state index in [4.69, 9.17) is 23.2 Å². The first-order chi connectivity index (χ1) is 6.68. The zero-order valence-corrected chi connectivity index (χ0v) is 9.84. The zero-order valence-electron chi connectivity index (χ0n) is 8.32. The van der Waals surface area contributed by atoms with Gasteiger partial charge in [0.15, 0.2) is 5.63 Å². The summed E-state index contributed by atoms with van der Waals surface area (Å²) in [5, 5.41) is -0.567. The maximum Gasteiger partial charge on any atom is 0.189 e. The highest BCUT2D eigenvalue weighted by molar-refractivity contribution is 6.29. The van der Waals surface area contributed by atoms with Gasteiger partial charge in [0.2, 0.25) is 0 Å². The summed E-state index contributed by atoms with van der Waals surface area (Å²) in [6.07, 6.45) is 6.28. The smallest absolute Gasteiger partial charge is 0.189 e. The van der Waals surface area contributed by atoms with E-state index in [0.29, 0.717) is 12.8 Å². The average molecular weight is 247 g/mol. The van der Waals surface area contributed by atoms with Gasteiger partial charge in [-0.15, -0.1) is 11.6 Å². The van der Waals surface area contributed by atoms with Gasteiger partial charge >= 0.3 is 0 Å². The van der Waals surface area contributed by atoms with Crippen molar-refractivity contribution in [2.75, 3.05) is 6.67 Å². The van der Waals surface area contributed by atoms with E-state index in [1.165, 1.54) is 0 Å². The normalized spacial score (nSPS) is 15.4. The lowest BCUT2D eigenvalue weighted by atomic mass is 10.1. The highest BCUT2D eigenvalue weighted by atomic mass is 35.5. The number of hydrogen-bond acceptors (Lipinski definition) is 0. The second-order valence-electron chi connectivity index (χ2n) is 3.45. The standard InChI is InChI=1S/C10H18Cl2F2/c11-9(10(12)14)7-5-3-1-2-4-6-8-13/h9-10H,1-8H2. The Bertz CT molecular complexity index is 121. The molecule has 0 amide bonds. The fourth-order valence-electron chi connectivity index (χ4n) is 1.27. The Kier molecular flexibility index (Phi) is 10.3. The molecule has 0 nitrogen and oxygen atoms in total. The van der Waals surface area contributed by atoms with Crippen LogP contribution in [0.2, 0.25) is 0 Å². The zero-order chi connectivity index (χ0) is 10.8. The largest absolute Gasteiger partial charge is 0.251 e. The molecule has 0 N–H and O–H groups in total. The summed E-state index contributed by atoms with van der Waals surface area (Å²) in [5.41, 5.74) is -1.44. The molecule has 0 rings (SSSR count). The van der Waals surface area contributed by atoms with Gasteiger partial charge in [-0.2, -0.15) is 0 Å². The number of halogens is 4. The Hall–Kier alpha value is 0.440. The molecule has 0 aliphatic rings. The van der Waals surface area contributed by atoms with E-state index >= 15 is 0 Å². The summed E-state index contributed by atoms with van der Waals surface area (Å²) in [5.74, 6) is 0. The van der Waals surface area contributed by atoms with E-state index in [1.54, 1.807) is 0 Å². The highest BCUT2D eigenvalue weighted by Gasteiger charge is 2.13.